The van der Waals surface area contributed by atoms with Crippen LogP contribution in [0.1, 0.15) is 16.7 Å². The summed E-state index contributed by atoms with van der Waals surface area (Å²) in [5, 5.41) is 14.8. The molecule has 0 saturated carbocycles. The van der Waals surface area contributed by atoms with Crippen molar-refractivity contribution in [3.63, 3.8) is 0 Å². The lowest BCUT2D eigenvalue weighted by molar-refractivity contribution is -0.116. The number of nitrogen functional groups attached to an aromatic ring is 1. The number of hydrogen-bond donors (Lipinski definition) is 2. The molecule has 4 aromatic rings. The van der Waals surface area contributed by atoms with E-state index in [0.717, 1.165) is 27.9 Å². The second kappa shape index (κ2) is 7.78. The van der Waals surface area contributed by atoms with Gasteiger partial charge in [0.05, 0.1) is 0 Å². The lowest BCUT2D eigenvalue weighted by atomic mass is 10.1. The zero-order valence-electron chi connectivity index (χ0n) is 16.9. The van der Waals surface area contributed by atoms with Crippen LogP contribution in [0.5, 0.6) is 0 Å². The molecule has 0 spiro atoms. The zero-order chi connectivity index (χ0) is 21.3. The topological polar surface area (TPSA) is 125 Å². The Morgan fingerprint density at radius 2 is 1.83 bits per heavy atom. The number of nitrogens with zero attached hydrogens (tertiary/aromatic N) is 5. The number of carbonyl (C=O) groups is 1. The van der Waals surface area contributed by atoms with Gasteiger partial charge in [-0.2, -0.15) is 4.98 Å². The van der Waals surface area contributed by atoms with Gasteiger partial charge in [-0.15, -0.1) is 5.10 Å². The van der Waals surface area contributed by atoms with Gasteiger partial charge in [-0.1, -0.05) is 52.3 Å². The van der Waals surface area contributed by atoms with Crippen molar-refractivity contribution in [3.05, 3.63) is 59.2 Å². The molecule has 0 bridgehead atoms. The summed E-state index contributed by atoms with van der Waals surface area (Å²) in [7, 11) is 0. The van der Waals surface area contributed by atoms with E-state index in [2.05, 4.69) is 25.8 Å². The summed E-state index contributed by atoms with van der Waals surface area (Å²) < 4.78 is 6.60. The number of nitrogens with two attached hydrogens (primary N) is 1. The quantitative estimate of drug-likeness (QED) is 0.524. The Morgan fingerprint density at radius 3 is 2.60 bits per heavy atom. The lowest BCUT2D eigenvalue weighted by Gasteiger charge is -2.09. The molecule has 2 heterocycles. The van der Waals surface area contributed by atoms with E-state index in [-0.39, 0.29) is 29.9 Å². The Kier molecular flexibility index (Phi) is 5.01. The highest BCUT2D eigenvalue weighted by Gasteiger charge is 2.20. The highest BCUT2D eigenvalue weighted by Crippen LogP contribution is 2.25. The molecule has 9 nitrogen and oxygen atoms in total. The van der Waals surface area contributed by atoms with Crippen molar-refractivity contribution >= 4 is 17.4 Å². The van der Waals surface area contributed by atoms with Crippen molar-refractivity contribution in [1.82, 2.24) is 25.1 Å². The summed E-state index contributed by atoms with van der Waals surface area (Å²) >= 11 is 0. The van der Waals surface area contributed by atoms with Crippen LogP contribution in [0.4, 0.5) is 11.5 Å². The van der Waals surface area contributed by atoms with E-state index in [9.17, 15) is 4.79 Å². The van der Waals surface area contributed by atoms with Crippen LogP contribution in [0.15, 0.2) is 47.0 Å². The molecule has 1 amide bonds. The fourth-order valence-corrected chi connectivity index (χ4v) is 2.93. The van der Waals surface area contributed by atoms with E-state index in [1.54, 1.807) is 0 Å². The van der Waals surface area contributed by atoms with Crippen LogP contribution in [-0.4, -0.2) is 31.0 Å². The normalized spacial score (nSPS) is 10.9. The number of aromatic nitrogens is 5. The van der Waals surface area contributed by atoms with E-state index in [1.807, 2.05) is 63.2 Å². The van der Waals surface area contributed by atoms with Crippen LogP contribution in [0.3, 0.4) is 0 Å². The standard InChI is InChI=1S/C21H21N7O2/c1-12-5-8-15(9-6-12)20-24-21(30-26-20)18-19(22)28(27-25-18)11-17(29)23-16-10-13(2)4-7-14(16)3/h4-10H,11,22H2,1-3H3,(H,23,29). The van der Waals surface area contributed by atoms with E-state index in [1.165, 1.54) is 4.68 Å². The maximum atomic E-state index is 12.5. The van der Waals surface area contributed by atoms with Gasteiger partial charge in [0.1, 0.15) is 6.54 Å². The Bertz CT molecular complexity index is 1210. The van der Waals surface area contributed by atoms with Gasteiger partial charge in [0.15, 0.2) is 11.5 Å². The zero-order valence-corrected chi connectivity index (χ0v) is 16.9. The van der Waals surface area contributed by atoms with E-state index in [4.69, 9.17) is 10.3 Å². The molecule has 0 fully saturated rings. The van der Waals surface area contributed by atoms with Gasteiger partial charge in [0.2, 0.25) is 11.7 Å². The highest BCUT2D eigenvalue weighted by atomic mass is 16.5. The van der Waals surface area contributed by atoms with Gasteiger partial charge in [-0.25, -0.2) is 4.68 Å². The summed E-state index contributed by atoms with van der Waals surface area (Å²) in [6, 6.07) is 13.6. The monoisotopic (exact) mass is 403 g/mol. The molecule has 9 heteroatoms. The van der Waals surface area contributed by atoms with Crippen LogP contribution in [0.2, 0.25) is 0 Å². The van der Waals surface area contributed by atoms with Crippen molar-refractivity contribution in [2.75, 3.05) is 11.1 Å². The van der Waals surface area contributed by atoms with Crippen molar-refractivity contribution in [2.45, 2.75) is 27.3 Å². The number of anilines is 2. The van der Waals surface area contributed by atoms with Crippen molar-refractivity contribution < 1.29 is 9.32 Å². The molecule has 0 aliphatic heterocycles. The molecule has 30 heavy (non-hydrogen) atoms. The Hall–Kier alpha value is -4.01. The Morgan fingerprint density at radius 1 is 1.10 bits per heavy atom. The summed E-state index contributed by atoms with van der Waals surface area (Å²) in [6.45, 7) is 5.80. The molecule has 3 N–H and O–H groups in total. The number of hydrogen-bond acceptors (Lipinski definition) is 7. The minimum atomic E-state index is -0.266. The van der Waals surface area contributed by atoms with Gasteiger partial charge in [-0.05, 0) is 38.0 Å². The molecule has 0 atom stereocenters. The lowest BCUT2D eigenvalue weighted by Crippen LogP contribution is -2.21. The summed E-state index contributed by atoms with van der Waals surface area (Å²) in [5.41, 5.74) is 11.1. The molecule has 2 aromatic carbocycles. The molecule has 0 unspecified atom stereocenters. The highest BCUT2D eigenvalue weighted by molar-refractivity contribution is 5.91. The first-order chi connectivity index (χ1) is 14.4. The van der Waals surface area contributed by atoms with E-state index < -0.39 is 0 Å². The predicted molar refractivity (Wildman–Crippen MR) is 112 cm³/mol. The second-order valence-corrected chi connectivity index (χ2v) is 7.14. The first-order valence-corrected chi connectivity index (χ1v) is 9.38. The van der Waals surface area contributed by atoms with Gasteiger partial charge in [-0.3, -0.25) is 4.79 Å². The van der Waals surface area contributed by atoms with Gasteiger partial charge in [0, 0.05) is 11.3 Å². The van der Waals surface area contributed by atoms with Gasteiger partial charge in [0.25, 0.3) is 5.89 Å². The average molecular weight is 403 g/mol. The summed E-state index contributed by atoms with van der Waals surface area (Å²) in [6.07, 6.45) is 0. The minimum absolute atomic E-state index is 0.0921. The number of benzene rings is 2. The van der Waals surface area contributed by atoms with Crippen LogP contribution < -0.4 is 11.1 Å². The fourth-order valence-electron chi connectivity index (χ4n) is 2.93. The maximum absolute atomic E-state index is 12.5. The van der Waals surface area contributed by atoms with Crippen LogP contribution in [0.25, 0.3) is 23.0 Å². The summed E-state index contributed by atoms with van der Waals surface area (Å²) in [5.74, 6) is 0.471. The maximum Gasteiger partial charge on any atom is 0.282 e. The largest absolute Gasteiger partial charge is 0.382 e. The van der Waals surface area contributed by atoms with Crippen molar-refractivity contribution in [1.29, 1.82) is 0 Å². The fraction of sp³-hybridized carbons (Fsp3) is 0.190. The molecular formula is C21H21N7O2. The number of amides is 1. The first-order valence-electron chi connectivity index (χ1n) is 9.38. The van der Waals surface area contributed by atoms with Crippen molar-refractivity contribution in [3.8, 4) is 23.0 Å². The van der Waals surface area contributed by atoms with Gasteiger partial charge >= 0.3 is 0 Å². The number of rotatable bonds is 5. The number of carbonyl (C=O) groups excluding carboxylic acids is 1. The van der Waals surface area contributed by atoms with Crippen molar-refractivity contribution in [2.24, 2.45) is 0 Å². The predicted octanol–water partition coefficient (Wildman–Crippen LogP) is 3.14. The first kappa shape index (κ1) is 19.3. The smallest absolute Gasteiger partial charge is 0.282 e. The van der Waals surface area contributed by atoms with E-state index >= 15 is 0 Å². The number of aryl methyl sites for hydroxylation is 3. The Labute approximate surface area is 172 Å². The summed E-state index contributed by atoms with van der Waals surface area (Å²) in [4.78, 5) is 16.8. The molecule has 0 radical (unpaired) electrons. The third-order valence-electron chi connectivity index (χ3n) is 4.67. The molecular weight excluding hydrogens is 382 g/mol. The van der Waals surface area contributed by atoms with Gasteiger partial charge < -0.3 is 15.6 Å². The molecule has 0 aliphatic rings. The SMILES string of the molecule is Cc1ccc(-c2noc(-c3nnn(CC(=O)Nc4cc(C)ccc4C)c3N)n2)cc1. The second-order valence-electron chi connectivity index (χ2n) is 7.14. The average Bonchev–Trinajstić information content (AvgIpc) is 3.33. The number of nitrogens with one attached hydrogen (secondary N) is 1. The molecule has 4 rings (SSSR count). The van der Waals surface area contributed by atoms with Crippen LogP contribution >= 0.6 is 0 Å². The Balaban J connectivity index is 1.51. The third kappa shape index (κ3) is 3.90. The minimum Gasteiger partial charge on any atom is -0.382 e. The molecule has 0 saturated heterocycles. The van der Waals surface area contributed by atoms with Crippen LogP contribution in [-0.2, 0) is 11.3 Å². The van der Waals surface area contributed by atoms with E-state index in [0.29, 0.717) is 5.82 Å². The molecule has 2 aromatic heterocycles. The molecule has 152 valence electrons. The third-order valence-corrected chi connectivity index (χ3v) is 4.67. The van der Waals surface area contributed by atoms with Crippen LogP contribution in [0, 0.1) is 20.8 Å². The molecule has 0 aliphatic carbocycles.